The molecule has 5 rings (SSSR count). The van der Waals surface area contributed by atoms with Crippen molar-refractivity contribution in [2.75, 3.05) is 32.9 Å². The Hall–Kier alpha value is -3.21. The van der Waals surface area contributed by atoms with E-state index in [1.807, 2.05) is 0 Å². The quantitative estimate of drug-likeness (QED) is 0.639. The summed E-state index contributed by atoms with van der Waals surface area (Å²) in [6.07, 6.45) is -1.18. The Kier molecular flexibility index (Phi) is 5.93. The van der Waals surface area contributed by atoms with E-state index < -0.39 is 28.1 Å². The monoisotopic (exact) mass is 519 g/mol. The van der Waals surface area contributed by atoms with Gasteiger partial charge in [-0.1, -0.05) is 18.2 Å². The molecule has 2 aromatic carbocycles. The number of sulfonamides is 1. The summed E-state index contributed by atoms with van der Waals surface area (Å²) >= 11 is 0. The minimum atomic E-state index is -3.30. The Labute approximate surface area is 208 Å². The number of amides is 2. The first-order valence-electron chi connectivity index (χ1n) is 11.9. The summed E-state index contributed by atoms with van der Waals surface area (Å²) in [5.74, 6) is -3.25. The van der Waals surface area contributed by atoms with Gasteiger partial charge in [-0.2, -0.15) is 0 Å². The second-order valence-electron chi connectivity index (χ2n) is 9.83. The van der Waals surface area contributed by atoms with Crippen LogP contribution in [0.25, 0.3) is 11.1 Å². The minimum Gasteiger partial charge on any atom is -0.465 e. The topological polar surface area (TPSA) is 98.2 Å². The number of rotatable bonds is 4. The maximum atomic E-state index is 13.3. The lowest BCUT2D eigenvalue weighted by molar-refractivity contribution is -0.132. The molecule has 0 radical (unpaired) electrons. The highest BCUT2D eigenvalue weighted by molar-refractivity contribution is 7.93. The Morgan fingerprint density at radius 3 is 2.31 bits per heavy atom. The van der Waals surface area contributed by atoms with Crippen LogP contribution in [0.4, 0.5) is 30.6 Å². The third kappa shape index (κ3) is 4.40. The van der Waals surface area contributed by atoms with Crippen LogP contribution in [0.2, 0.25) is 0 Å². The highest BCUT2D eigenvalue weighted by atomic mass is 32.2. The molecule has 1 aliphatic carbocycles. The lowest BCUT2D eigenvalue weighted by atomic mass is 9.79. The number of carbonyl (C=O) groups is 2. The molecule has 8 nitrogen and oxygen atoms in total. The predicted molar refractivity (Wildman–Crippen MR) is 132 cm³/mol. The summed E-state index contributed by atoms with van der Waals surface area (Å²) in [6.45, 7) is 2.24. The van der Waals surface area contributed by atoms with Crippen molar-refractivity contribution in [3.8, 4) is 11.1 Å². The number of hydrogen-bond donors (Lipinski definition) is 1. The first-order valence-corrected chi connectivity index (χ1v) is 13.5. The van der Waals surface area contributed by atoms with Crippen LogP contribution in [0.1, 0.15) is 32.6 Å². The molecule has 192 valence electrons. The van der Waals surface area contributed by atoms with E-state index in [1.165, 1.54) is 14.1 Å². The fourth-order valence-electron chi connectivity index (χ4n) is 5.39. The molecule has 0 spiro atoms. The summed E-state index contributed by atoms with van der Waals surface area (Å²) in [4.78, 5) is 27.8. The van der Waals surface area contributed by atoms with E-state index >= 15 is 0 Å². The predicted octanol–water partition coefficient (Wildman–Crippen LogP) is 4.55. The SMILES string of the molecule is C[C@H]1CN(C(=O)O)c2cc(-c3ccc(N4CCCS4(=O)=O)cc3)ccc2N1C(=O)CC1CC(F)(F)C1. The zero-order valence-corrected chi connectivity index (χ0v) is 20.5. The number of halogens is 2. The number of fused-ring (bicyclic) bond motifs is 1. The molecule has 2 fully saturated rings. The van der Waals surface area contributed by atoms with Crippen molar-refractivity contribution in [1.82, 2.24) is 0 Å². The van der Waals surface area contributed by atoms with Gasteiger partial charge in [-0.3, -0.25) is 14.0 Å². The molecular formula is C25H27F2N3O5S. The lowest BCUT2D eigenvalue weighted by Crippen LogP contribution is -2.52. The molecule has 2 aliphatic heterocycles. The molecule has 1 N–H and O–H groups in total. The van der Waals surface area contributed by atoms with Gasteiger partial charge < -0.3 is 10.0 Å². The Morgan fingerprint density at radius 2 is 1.72 bits per heavy atom. The van der Waals surface area contributed by atoms with E-state index in [2.05, 4.69) is 0 Å². The second-order valence-corrected chi connectivity index (χ2v) is 11.8. The average molecular weight is 520 g/mol. The van der Waals surface area contributed by atoms with E-state index in [0.29, 0.717) is 35.6 Å². The average Bonchev–Trinajstić information content (AvgIpc) is 3.15. The van der Waals surface area contributed by atoms with Gasteiger partial charge in [0, 0.05) is 32.4 Å². The normalized spacial score (nSPS) is 22.8. The van der Waals surface area contributed by atoms with Gasteiger partial charge in [0.2, 0.25) is 21.9 Å². The number of alkyl halides is 2. The molecule has 1 atom stereocenters. The smallest absolute Gasteiger partial charge is 0.411 e. The van der Waals surface area contributed by atoms with E-state index in [0.717, 1.165) is 5.56 Å². The summed E-state index contributed by atoms with van der Waals surface area (Å²) in [6, 6.07) is 11.7. The number of carbonyl (C=O) groups excluding carboxylic acids is 1. The fraction of sp³-hybridized carbons (Fsp3) is 0.440. The van der Waals surface area contributed by atoms with Crippen molar-refractivity contribution in [2.24, 2.45) is 5.92 Å². The summed E-state index contributed by atoms with van der Waals surface area (Å²) in [5, 5.41) is 9.82. The van der Waals surface area contributed by atoms with Gasteiger partial charge in [-0.15, -0.1) is 0 Å². The van der Waals surface area contributed by atoms with Gasteiger partial charge in [0.05, 0.1) is 28.9 Å². The molecule has 11 heteroatoms. The lowest BCUT2D eigenvalue weighted by Gasteiger charge is -2.42. The molecule has 0 aromatic heterocycles. The Bertz CT molecular complexity index is 1310. The molecule has 3 aliphatic rings. The number of anilines is 3. The van der Waals surface area contributed by atoms with E-state index in [4.69, 9.17) is 0 Å². The van der Waals surface area contributed by atoms with Crippen molar-refractivity contribution in [3.05, 3.63) is 42.5 Å². The number of carboxylic acid groups (broad SMARTS) is 1. The van der Waals surface area contributed by atoms with Crippen LogP contribution in [-0.4, -0.2) is 56.3 Å². The van der Waals surface area contributed by atoms with Gasteiger partial charge in [0.1, 0.15) is 0 Å². The van der Waals surface area contributed by atoms with Crippen LogP contribution in [0.3, 0.4) is 0 Å². The van der Waals surface area contributed by atoms with E-state index in [1.54, 1.807) is 49.4 Å². The molecule has 36 heavy (non-hydrogen) atoms. The summed E-state index contributed by atoms with van der Waals surface area (Å²) in [7, 11) is -3.30. The molecule has 1 saturated heterocycles. The van der Waals surface area contributed by atoms with Crippen molar-refractivity contribution in [2.45, 2.75) is 44.6 Å². The van der Waals surface area contributed by atoms with Crippen LogP contribution in [0, 0.1) is 5.92 Å². The first-order chi connectivity index (χ1) is 16.9. The third-order valence-electron chi connectivity index (χ3n) is 7.14. The first kappa shape index (κ1) is 24.5. The minimum absolute atomic E-state index is 0.00490. The molecule has 2 amide bonds. The fourth-order valence-corrected chi connectivity index (χ4v) is 6.95. The maximum absolute atomic E-state index is 13.3. The van der Waals surface area contributed by atoms with Crippen molar-refractivity contribution >= 4 is 39.1 Å². The maximum Gasteiger partial charge on any atom is 0.411 e. The molecule has 2 heterocycles. The second kappa shape index (κ2) is 8.72. The number of hydrogen-bond acceptors (Lipinski definition) is 4. The number of benzene rings is 2. The van der Waals surface area contributed by atoms with Crippen LogP contribution in [0.5, 0.6) is 0 Å². The van der Waals surface area contributed by atoms with Gasteiger partial charge in [-0.05, 0) is 54.7 Å². The third-order valence-corrected chi connectivity index (χ3v) is 9.01. The Morgan fingerprint density at radius 1 is 1.06 bits per heavy atom. The van der Waals surface area contributed by atoms with Crippen LogP contribution >= 0.6 is 0 Å². The molecule has 0 unspecified atom stereocenters. The summed E-state index contributed by atoms with van der Waals surface area (Å²) in [5.41, 5.74) is 2.81. The van der Waals surface area contributed by atoms with E-state index in [-0.39, 0.29) is 43.4 Å². The van der Waals surface area contributed by atoms with Crippen molar-refractivity contribution < 1.29 is 31.9 Å². The van der Waals surface area contributed by atoms with Gasteiger partial charge in [0.25, 0.3) is 0 Å². The molecule has 1 saturated carbocycles. The highest BCUT2D eigenvalue weighted by Gasteiger charge is 2.47. The number of nitrogens with zero attached hydrogens (tertiary/aromatic N) is 3. The summed E-state index contributed by atoms with van der Waals surface area (Å²) < 4.78 is 52.3. The molecule has 2 aromatic rings. The van der Waals surface area contributed by atoms with E-state index in [9.17, 15) is 31.9 Å². The van der Waals surface area contributed by atoms with Gasteiger partial charge >= 0.3 is 6.09 Å². The largest absolute Gasteiger partial charge is 0.465 e. The highest BCUT2D eigenvalue weighted by Crippen LogP contribution is 2.45. The zero-order chi connectivity index (χ0) is 25.8. The standard InChI is InChI=1S/C25H27F2N3O5S/c1-16-15-28(24(32)33)22-12-19(18-3-6-20(7-4-18)29-9-2-10-36(29,34)35)5-8-21(22)30(16)23(31)11-17-13-25(26,27)14-17/h3-8,12,16-17H,2,9-11,13-15H2,1H3,(H,32,33)/t16-/m0/s1. The van der Waals surface area contributed by atoms with Gasteiger partial charge in [0.15, 0.2) is 0 Å². The zero-order valence-electron chi connectivity index (χ0n) is 19.7. The Balaban J connectivity index is 1.44. The van der Waals surface area contributed by atoms with Crippen LogP contribution in [-0.2, 0) is 14.8 Å². The van der Waals surface area contributed by atoms with Crippen molar-refractivity contribution in [1.29, 1.82) is 0 Å². The van der Waals surface area contributed by atoms with Crippen LogP contribution < -0.4 is 14.1 Å². The van der Waals surface area contributed by atoms with Crippen molar-refractivity contribution in [3.63, 3.8) is 0 Å². The van der Waals surface area contributed by atoms with Crippen LogP contribution in [0.15, 0.2) is 42.5 Å². The van der Waals surface area contributed by atoms with Gasteiger partial charge in [-0.25, -0.2) is 22.0 Å². The molecule has 0 bridgehead atoms. The molecular weight excluding hydrogens is 492 g/mol.